The lowest BCUT2D eigenvalue weighted by molar-refractivity contribution is -0.146. The standard InChI is InChI=1S/C20H21ClN2O6/c1-3-28-16-7-5-4-6-14(16)20(26)22-11-19(25)29-12-18(24)23-13-8-9-17(27-2)15(21)10-13/h4-10H,3,11-12H2,1-2H3,(H,22,26)(H,23,24). The lowest BCUT2D eigenvalue weighted by Gasteiger charge is -2.11. The van der Waals surface area contributed by atoms with Crippen molar-refractivity contribution in [2.24, 2.45) is 0 Å². The van der Waals surface area contributed by atoms with Crippen LogP contribution in [-0.4, -0.2) is 44.7 Å². The van der Waals surface area contributed by atoms with Crippen molar-refractivity contribution in [3.05, 3.63) is 53.1 Å². The number of esters is 1. The van der Waals surface area contributed by atoms with E-state index >= 15 is 0 Å². The molecule has 2 N–H and O–H groups in total. The first-order chi connectivity index (χ1) is 13.9. The van der Waals surface area contributed by atoms with E-state index in [0.29, 0.717) is 34.4 Å². The van der Waals surface area contributed by atoms with Crippen LogP contribution in [0, 0.1) is 0 Å². The molecule has 2 rings (SSSR count). The minimum atomic E-state index is -0.754. The van der Waals surface area contributed by atoms with Gasteiger partial charge in [0, 0.05) is 5.69 Å². The molecule has 9 heteroatoms. The molecule has 0 aliphatic heterocycles. The summed E-state index contributed by atoms with van der Waals surface area (Å²) < 4.78 is 15.3. The molecule has 2 amide bonds. The van der Waals surface area contributed by atoms with E-state index in [0.717, 1.165) is 0 Å². The van der Waals surface area contributed by atoms with Gasteiger partial charge in [-0.3, -0.25) is 14.4 Å². The Morgan fingerprint density at radius 2 is 1.83 bits per heavy atom. The Balaban J connectivity index is 1.79. The van der Waals surface area contributed by atoms with E-state index in [4.69, 9.17) is 25.8 Å². The van der Waals surface area contributed by atoms with E-state index in [-0.39, 0.29) is 6.54 Å². The Morgan fingerprint density at radius 3 is 2.52 bits per heavy atom. The topological polar surface area (TPSA) is 103 Å². The van der Waals surface area contributed by atoms with Crippen LogP contribution in [0.1, 0.15) is 17.3 Å². The fourth-order valence-corrected chi connectivity index (χ4v) is 2.58. The highest BCUT2D eigenvalue weighted by Crippen LogP contribution is 2.27. The van der Waals surface area contributed by atoms with Crippen molar-refractivity contribution in [1.29, 1.82) is 0 Å². The van der Waals surface area contributed by atoms with Gasteiger partial charge >= 0.3 is 5.97 Å². The molecular weight excluding hydrogens is 400 g/mol. The summed E-state index contributed by atoms with van der Waals surface area (Å²) in [5, 5.41) is 5.31. The number of carbonyl (C=O) groups is 3. The summed E-state index contributed by atoms with van der Waals surface area (Å²) in [5.41, 5.74) is 0.731. The molecule has 0 radical (unpaired) electrons. The number of methoxy groups -OCH3 is 1. The fourth-order valence-electron chi connectivity index (χ4n) is 2.32. The van der Waals surface area contributed by atoms with Crippen molar-refractivity contribution in [1.82, 2.24) is 5.32 Å². The maximum atomic E-state index is 12.2. The highest BCUT2D eigenvalue weighted by molar-refractivity contribution is 6.32. The fraction of sp³-hybridized carbons (Fsp3) is 0.250. The van der Waals surface area contributed by atoms with E-state index in [1.165, 1.54) is 13.2 Å². The first kappa shape index (κ1) is 22.0. The number of halogens is 1. The number of amides is 2. The van der Waals surface area contributed by atoms with Gasteiger partial charge in [0.2, 0.25) is 0 Å². The highest BCUT2D eigenvalue weighted by atomic mass is 35.5. The molecule has 154 valence electrons. The molecule has 2 aromatic carbocycles. The van der Waals surface area contributed by atoms with Crippen LogP contribution < -0.4 is 20.1 Å². The second-order valence-corrected chi connectivity index (χ2v) is 6.08. The summed E-state index contributed by atoms with van der Waals surface area (Å²) in [7, 11) is 1.48. The summed E-state index contributed by atoms with van der Waals surface area (Å²) in [4.78, 5) is 35.9. The van der Waals surface area contributed by atoms with Gasteiger partial charge in [-0.15, -0.1) is 0 Å². The number of hydrogen-bond acceptors (Lipinski definition) is 6. The molecule has 2 aromatic rings. The molecule has 0 spiro atoms. The van der Waals surface area contributed by atoms with Crippen LogP contribution in [-0.2, 0) is 14.3 Å². The number of anilines is 1. The van der Waals surface area contributed by atoms with Gasteiger partial charge in [-0.1, -0.05) is 23.7 Å². The van der Waals surface area contributed by atoms with Gasteiger partial charge in [-0.25, -0.2) is 0 Å². The average molecular weight is 421 g/mol. The third-order valence-corrected chi connectivity index (χ3v) is 3.92. The largest absolute Gasteiger partial charge is 0.495 e. The SMILES string of the molecule is CCOc1ccccc1C(=O)NCC(=O)OCC(=O)Nc1ccc(OC)c(Cl)c1. The number of nitrogens with one attached hydrogen (secondary N) is 2. The summed E-state index contributed by atoms with van der Waals surface area (Å²) in [6.45, 7) is 1.31. The average Bonchev–Trinajstić information content (AvgIpc) is 2.71. The zero-order chi connectivity index (χ0) is 21.2. The summed E-state index contributed by atoms with van der Waals surface area (Å²) in [6.07, 6.45) is 0. The first-order valence-electron chi connectivity index (χ1n) is 8.73. The summed E-state index contributed by atoms with van der Waals surface area (Å²) in [6, 6.07) is 11.4. The minimum Gasteiger partial charge on any atom is -0.495 e. The first-order valence-corrected chi connectivity index (χ1v) is 9.11. The molecule has 8 nitrogen and oxygen atoms in total. The van der Waals surface area contributed by atoms with E-state index in [9.17, 15) is 14.4 Å². The van der Waals surface area contributed by atoms with Crippen LogP contribution in [0.15, 0.2) is 42.5 Å². The van der Waals surface area contributed by atoms with Crippen molar-refractivity contribution >= 4 is 35.1 Å². The molecule has 0 aromatic heterocycles. The molecule has 0 bridgehead atoms. The number of benzene rings is 2. The molecule has 0 heterocycles. The van der Waals surface area contributed by atoms with Crippen LogP contribution >= 0.6 is 11.6 Å². The smallest absolute Gasteiger partial charge is 0.325 e. The summed E-state index contributed by atoms with van der Waals surface area (Å²) in [5.74, 6) is -0.901. The molecule has 0 aliphatic carbocycles. The molecular formula is C20H21ClN2O6. The molecule has 0 fully saturated rings. The monoisotopic (exact) mass is 420 g/mol. The third kappa shape index (κ3) is 6.69. The third-order valence-electron chi connectivity index (χ3n) is 3.62. The Labute approximate surface area is 173 Å². The molecule has 0 aliphatic rings. The number of hydrogen-bond donors (Lipinski definition) is 2. The zero-order valence-corrected chi connectivity index (χ0v) is 16.7. The van der Waals surface area contributed by atoms with E-state index < -0.39 is 24.4 Å². The van der Waals surface area contributed by atoms with E-state index in [1.54, 1.807) is 43.3 Å². The Hall–Kier alpha value is -3.26. The van der Waals surface area contributed by atoms with Gasteiger partial charge in [0.1, 0.15) is 18.0 Å². The van der Waals surface area contributed by atoms with Crippen LogP contribution in [0.5, 0.6) is 11.5 Å². The lowest BCUT2D eigenvalue weighted by Crippen LogP contribution is -2.32. The Bertz CT molecular complexity index is 887. The predicted octanol–water partition coefficient (Wildman–Crippen LogP) is 2.66. The molecule has 29 heavy (non-hydrogen) atoms. The van der Waals surface area contributed by atoms with Gasteiger partial charge in [-0.05, 0) is 37.3 Å². The van der Waals surface area contributed by atoms with E-state index in [1.807, 2.05) is 0 Å². The number of rotatable bonds is 9. The second kappa shape index (κ2) is 10.9. The van der Waals surface area contributed by atoms with Crippen molar-refractivity contribution in [2.45, 2.75) is 6.92 Å². The highest BCUT2D eigenvalue weighted by Gasteiger charge is 2.14. The van der Waals surface area contributed by atoms with Crippen molar-refractivity contribution in [3.63, 3.8) is 0 Å². The minimum absolute atomic E-state index is 0.302. The molecule has 0 atom stereocenters. The van der Waals surface area contributed by atoms with Gasteiger partial charge in [0.05, 0.1) is 24.3 Å². The quantitative estimate of drug-likeness (QED) is 0.604. The van der Waals surface area contributed by atoms with Crippen molar-refractivity contribution in [2.75, 3.05) is 32.2 Å². The predicted molar refractivity (Wildman–Crippen MR) is 108 cm³/mol. The normalized spacial score (nSPS) is 10.0. The second-order valence-electron chi connectivity index (χ2n) is 5.67. The van der Waals surface area contributed by atoms with E-state index in [2.05, 4.69) is 10.6 Å². The van der Waals surface area contributed by atoms with Crippen LogP contribution in [0.25, 0.3) is 0 Å². The van der Waals surface area contributed by atoms with Crippen molar-refractivity contribution in [3.8, 4) is 11.5 Å². The van der Waals surface area contributed by atoms with Crippen LogP contribution in [0.3, 0.4) is 0 Å². The number of ether oxygens (including phenoxy) is 3. The Kier molecular flexibility index (Phi) is 8.29. The zero-order valence-electron chi connectivity index (χ0n) is 16.0. The van der Waals surface area contributed by atoms with Crippen LogP contribution in [0.2, 0.25) is 5.02 Å². The van der Waals surface area contributed by atoms with Crippen molar-refractivity contribution < 1.29 is 28.6 Å². The number of carbonyl (C=O) groups excluding carboxylic acids is 3. The number of para-hydroxylation sites is 1. The van der Waals surface area contributed by atoms with Gasteiger partial charge < -0.3 is 24.8 Å². The Morgan fingerprint density at radius 1 is 1.07 bits per heavy atom. The van der Waals surface area contributed by atoms with Crippen LogP contribution in [0.4, 0.5) is 5.69 Å². The lowest BCUT2D eigenvalue weighted by atomic mass is 10.2. The van der Waals surface area contributed by atoms with Gasteiger partial charge in [0.25, 0.3) is 11.8 Å². The van der Waals surface area contributed by atoms with Gasteiger partial charge in [0.15, 0.2) is 6.61 Å². The maximum absolute atomic E-state index is 12.2. The molecule has 0 saturated carbocycles. The summed E-state index contributed by atoms with van der Waals surface area (Å²) >= 11 is 5.98. The molecule has 0 unspecified atom stereocenters. The molecule has 0 saturated heterocycles. The maximum Gasteiger partial charge on any atom is 0.325 e. The van der Waals surface area contributed by atoms with Gasteiger partial charge in [-0.2, -0.15) is 0 Å².